The average Bonchev–Trinajstić information content (AvgIpc) is 2.16. The topological polar surface area (TPSA) is 58.2 Å². The number of alkyl halides is 3. The molecule has 1 aliphatic heterocycles. The monoisotopic (exact) mass is 238 g/mol. The van der Waals surface area contributed by atoms with E-state index >= 15 is 0 Å². The molecule has 0 aromatic carbocycles. The molecule has 7 heteroatoms. The third-order valence-electron chi connectivity index (χ3n) is 2.33. The molecule has 4 nitrogen and oxygen atoms in total. The van der Waals surface area contributed by atoms with E-state index in [2.05, 4.69) is 5.32 Å². The first-order valence-electron chi connectivity index (χ1n) is 4.99. The summed E-state index contributed by atoms with van der Waals surface area (Å²) >= 11 is 0. The van der Waals surface area contributed by atoms with Gasteiger partial charge in [-0.3, -0.25) is 14.9 Å². The maximum atomic E-state index is 11.8. The summed E-state index contributed by atoms with van der Waals surface area (Å²) in [5.74, 6) is -2.25. The quantitative estimate of drug-likeness (QED) is 0.740. The van der Waals surface area contributed by atoms with E-state index in [-0.39, 0.29) is 5.92 Å². The normalized spacial score (nSPS) is 18.2. The van der Waals surface area contributed by atoms with E-state index in [0.717, 1.165) is 0 Å². The number of carbonyl (C=O) groups excluding carboxylic acids is 2. The molecule has 2 N–H and O–H groups in total. The minimum Gasteiger partial charge on any atom is -0.317 e. The Kier molecular flexibility index (Phi) is 4.28. The van der Waals surface area contributed by atoms with E-state index in [0.29, 0.717) is 25.9 Å². The van der Waals surface area contributed by atoms with Gasteiger partial charge in [-0.2, -0.15) is 13.2 Å². The second-order valence-electron chi connectivity index (χ2n) is 3.73. The van der Waals surface area contributed by atoms with Crippen molar-refractivity contribution in [1.29, 1.82) is 0 Å². The van der Waals surface area contributed by atoms with Crippen molar-refractivity contribution in [2.24, 2.45) is 5.92 Å². The number of amides is 2. The Morgan fingerprint density at radius 2 is 1.81 bits per heavy atom. The third kappa shape index (κ3) is 4.61. The minimum atomic E-state index is -4.57. The summed E-state index contributed by atoms with van der Waals surface area (Å²) in [6.07, 6.45) is -5.08. The highest BCUT2D eigenvalue weighted by molar-refractivity contribution is 5.96. The van der Waals surface area contributed by atoms with Crippen LogP contribution >= 0.6 is 0 Å². The maximum absolute atomic E-state index is 11.8. The Morgan fingerprint density at radius 1 is 1.25 bits per heavy atom. The molecule has 0 unspecified atom stereocenters. The van der Waals surface area contributed by atoms with Gasteiger partial charge in [-0.05, 0) is 25.9 Å². The molecule has 0 atom stereocenters. The van der Waals surface area contributed by atoms with Crippen molar-refractivity contribution in [1.82, 2.24) is 10.6 Å². The molecular weight excluding hydrogens is 225 g/mol. The van der Waals surface area contributed by atoms with E-state index in [1.54, 1.807) is 5.32 Å². The largest absolute Gasteiger partial charge is 0.397 e. The molecular formula is C9H13F3N2O2. The number of hydrogen-bond acceptors (Lipinski definition) is 3. The summed E-state index contributed by atoms with van der Waals surface area (Å²) in [5, 5.41) is 4.80. The smallest absolute Gasteiger partial charge is 0.317 e. The predicted molar refractivity (Wildman–Crippen MR) is 49.4 cm³/mol. The number of carbonyl (C=O) groups is 2. The summed E-state index contributed by atoms with van der Waals surface area (Å²) in [7, 11) is 0. The van der Waals surface area contributed by atoms with Gasteiger partial charge in [0.1, 0.15) is 6.42 Å². The lowest BCUT2D eigenvalue weighted by Crippen LogP contribution is -2.41. The molecule has 0 bridgehead atoms. The van der Waals surface area contributed by atoms with Gasteiger partial charge < -0.3 is 5.32 Å². The van der Waals surface area contributed by atoms with Crippen molar-refractivity contribution in [2.75, 3.05) is 13.1 Å². The second kappa shape index (κ2) is 5.29. The number of rotatable bonds is 2. The number of piperidine rings is 1. The van der Waals surface area contributed by atoms with E-state index in [1.165, 1.54) is 0 Å². The highest BCUT2D eigenvalue weighted by atomic mass is 19.4. The summed E-state index contributed by atoms with van der Waals surface area (Å²) in [4.78, 5) is 22.2. The van der Waals surface area contributed by atoms with Crippen molar-refractivity contribution in [3.05, 3.63) is 0 Å². The lowest BCUT2D eigenvalue weighted by Gasteiger charge is -2.21. The van der Waals surface area contributed by atoms with E-state index in [4.69, 9.17) is 0 Å². The van der Waals surface area contributed by atoms with E-state index < -0.39 is 24.4 Å². The molecule has 1 aliphatic rings. The Morgan fingerprint density at radius 3 is 2.31 bits per heavy atom. The van der Waals surface area contributed by atoms with Gasteiger partial charge in [0.05, 0.1) is 0 Å². The second-order valence-corrected chi connectivity index (χ2v) is 3.73. The number of hydrogen-bond donors (Lipinski definition) is 2. The molecule has 2 amide bonds. The van der Waals surface area contributed by atoms with Crippen LogP contribution < -0.4 is 10.6 Å². The Labute approximate surface area is 90.6 Å². The van der Waals surface area contributed by atoms with Crippen LogP contribution in [-0.4, -0.2) is 31.1 Å². The molecule has 0 aliphatic carbocycles. The van der Waals surface area contributed by atoms with E-state index in [1.807, 2.05) is 0 Å². The molecule has 1 heterocycles. The first-order chi connectivity index (χ1) is 7.38. The highest BCUT2D eigenvalue weighted by Crippen LogP contribution is 2.19. The predicted octanol–water partition coefficient (Wildman–Crippen LogP) is 0.581. The standard InChI is InChI=1S/C9H13F3N2O2/c10-9(11,12)5-7(15)14-8(16)6-1-3-13-4-2-6/h6,13H,1-5H2,(H,14,15,16). The van der Waals surface area contributed by atoms with Crippen LogP contribution in [0.15, 0.2) is 0 Å². The first kappa shape index (κ1) is 13.0. The Balaban J connectivity index is 2.35. The highest BCUT2D eigenvalue weighted by Gasteiger charge is 2.32. The third-order valence-corrected chi connectivity index (χ3v) is 2.33. The average molecular weight is 238 g/mol. The molecule has 1 saturated heterocycles. The van der Waals surface area contributed by atoms with Crippen molar-refractivity contribution >= 4 is 11.8 Å². The minimum absolute atomic E-state index is 0.363. The first-order valence-corrected chi connectivity index (χ1v) is 4.99. The summed E-state index contributed by atoms with van der Waals surface area (Å²) in [5.41, 5.74) is 0. The van der Waals surface area contributed by atoms with Crippen molar-refractivity contribution in [3.8, 4) is 0 Å². The number of halogens is 3. The van der Waals surface area contributed by atoms with Crippen LogP contribution in [0.5, 0.6) is 0 Å². The van der Waals surface area contributed by atoms with Crippen LogP contribution in [0, 0.1) is 5.92 Å². The van der Waals surface area contributed by atoms with Crippen molar-refractivity contribution < 1.29 is 22.8 Å². The zero-order valence-electron chi connectivity index (χ0n) is 8.56. The molecule has 0 radical (unpaired) electrons. The van der Waals surface area contributed by atoms with Gasteiger partial charge >= 0.3 is 6.18 Å². The summed E-state index contributed by atoms with van der Waals surface area (Å²) < 4.78 is 35.4. The summed E-state index contributed by atoms with van der Waals surface area (Å²) in [6.45, 7) is 1.29. The molecule has 0 saturated carbocycles. The summed E-state index contributed by atoms with van der Waals surface area (Å²) in [6, 6.07) is 0. The Hall–Kier alpha value is -1.11. The van der Waals surface area contributed by atoms with Crippen LogP contribution in [0.3, 0.4) is 0 Å². The molecule has 92 valence electrons. The van der Waals surface area contributed by atoms with Crippen LogP contribution in [0.4, 0.5) is 13.2 Å². The van der Waals surface area contributed by atoms with Gasteiger partial charge in [0, 0.05) is 5.92 Å². The van der Waals surface area contributed by atoms with Gasteiger partial charge in [-0.15, -0.1) is 0 Å². The van der Waals surface area contributed by atoms with Crippen LogP contribution in [0.1, 0.15) is 19.3 Å². The number of imide groups is 1. The van der Waals surface area contributed by atoms with Gasteiger partial charge in [0.2, 0.25) is 11.8 Å². The van der Waals surface area contributed by atoms with Crippen molar-refractivity contribution in [2.45, 2.75) is 25.4 Å². The van der Waals surface area contributed by atoms with Crippen LogP contribution in [-0.2, 0) is 9.59 Å². The lowest BCUT2D eigenvalue weighted by molar-refractivity contribution is -0.155. The molecule has 0 spiro atoms. The van der Waals surface area contributed by atoms with Gasteiger partial charge in [-0.25, -0.2) is 0 Å². The zero-order valence-corrected chi connectivity index (χ0v) is 8.56. The fraction of sp³-hybridized carbons (Fsp3) is 0.778. The van der Waals surface area contributed by atoms with E-state index in [9.17, 15) is 22.8 Å². The lowest BCUT2D eigenvalue weighted by atomic mass is 9.97. The fourth-order valence-corrected chi connectivity index (χ4v) is 1.55. The Bertz CT molecular complexity index is 272. The molecule has 1 rings (SSSR count). The SMILES string of the molecule is O=C(CC(F)(F)F)NC(=O)C1CCNCC1. The molecule has 0 aromatic heterocycles. The molecule has 1 fully saturated rings. The van der Waals surface area contributed by atoms with Crippen LogP contribution in [0.25, 0.3) is 0 Å². The maximum Gasteiger partial charge on any atom is 0.397 e. The zero-order chi connectivity index (χ0) is 12.2. The van der Waals surface area contributed by atoms with Gasteiger partial charge in [0.15, 0.2) is 0 Å². The number of nitrogens with one attached hydrogen (secondary N) is 2. The molecule has 0 aromatic rings. The van der Waals surface area contributed by atoms with Gasteiger partial charge in [0.25, 0.3) is 0 Å². The van der Waals surface area contributed by atoms with Gasteiger partial charge in [-0.1, -0.05) is 0 Å². The van der Waals surface area contributed by atoms with Crippen LogP contribution in [0.2, 0.25) is 0 Å². The molecule has 16 heavy (non-hydrogen) atoms. The fourth-order valence-electron chi connectivity index (χ4n) is 1.55. The van der Waals surface area contributed by atoms with Crippen molar-refractivity contribution in [3.63, 3.8) is 0 Å².